The molecule has 0 bridgehead atoms. The summed E-state index contributed by atoms with van der Waals surface area (Å²) in [5.41, 5.74) is 27.6. The Balaban J connectivity index is 1.12. The molecular weight excluding hydrogens is 994 g/mol. The molecule has 2 aromatic heterocycles. The first-order valence-electron chi connectivity index (χ1n) is 31.1. The molecule has 11 aromatic rings. The van der Waals surface area contributed by atoms with E-state index in [0.29, 0.717) is 35.5 Å². The van der Waals surface area contributed by atoms with Crippen molar-refractivity contribution in [1.82, 2.24) is 9.13 Å². The fourth-order valence-electron chi connectivity index (χ4n) is 14.8. The molecule has 0 saturated carbocycles. The first-order chi connectivity index (χ1) is 39.8. The molecule has 0 aliphatic carbocycles. The number of rotatable bonds is 12. The zero-order chi connectivity index (χ0) is 56.3. The number of ether oxygens (including phenoxy) is 2. The fourth-order valence-corrected chi connectivity index (χ4v) is 14.8. The second kappa shape index (κ2) is 18.9. The van der Waals surface area contributed by atoms with Gasteiger partial charge in [-0.25, -0.2) is 0 Å². The van der Waals surface area contributed by atoms with Crippen molar-refractivity contribution in [2.75, 3.05) is 0 Å². The molecular formula is C76H74B2N2O2. The van der Waals surface area contributed by atoms with E-state index in [1.807, 2.05) is 0 Å². The molecule has 15 rings (SSSR count). The number of hydrogen-bond donors (Lipinski definition) is 0. The first-order valence-corrected chi connectivity index (χ1v) is 31.1. The van der Waals surface area contributed by atoms with Gasteiger partial charge in [-0.3, -0.25) is 0 Å². The second-order valence-corrected chi connectivity index (χ2v) is 25.8. The Morgan fingerprint density at radius 2 is 0.683 bits per heavy atom. The lowest BCUT2D eigenvalue weighted by Crippen LogP contribution is -2.63. The van der Waals surface area contributed by atoms with Crippen molar-refractivity contribution >= 4 is 89.8 Å². The maximum atomic E-state index is 7.94. The second-order valence-electron chi connectivity index (χ2n) is 25.8. The van der Waals surface area contributed by atoms with Crippen molar-refractivity contribution in [1.29, 1.82) is 0 Å². The summed E-state index contributed by atoms with van der Waals surface area (Å²) in [6, 6.07) is 57.5. The summed E-state index contributed by atoms with van der Waals surface area (Å²) in [5.74, 6) is 6.19. The molecule has 4 nitrogen and oxygen atoms in total. The van der Waals surface area contributed by atoms with Crippen LogP contribution < -0.4 is 42.3 Å². The average molecular weight is 1070 g/mol. The van der Waals surface area contributed by atoms with Crippen LogP contribution in [0.15, 0.2) is 146 Å². The highest BCUT2D eigenvalue weighted by molar-refractivity contribution is 7.02. The van der Waals surface area contributed by atoms with Gasteiger partial charge in [0.05, 0.1) is 22.4 Å². The molecule has 0 radical (unpaired) electrons. The predicted octanol–water partition coefficient (Wildman–Crippen LogP) is 17.4. The predicted molar refractivity (Wildman–Crippen MR) is 351 cm³/mol. The lowest BCUT2D eigenvalue weighted by molar-refractivity contribution is 0.472. The fraction of sp³-hybridized carbons (Fsp3) is 0.289. The van der Waals surface area contributed by atoms with E-state index in [2.05, 4.69) is 238 Å². The van der Waals surface area contributed by atoms with Gasteiger partial charge >= 0.3 is 0 Å². The number of fused-ring (bicyclic) bond motifs is 16. The molecule has 4 aliphatic heterocycles. The van der Waals surface area contributed by atoms with Crippen LogP contribution >= 0.6 is 0 Å². The van der Waals surface area contributed by atoms with Crippen LogP contribution in [0.4, 0.5) is 0 Å². The summed E-state index contributed by atoms with van der Waals surface area (Å²) >= 11 is 0. The van der Waals surface area contributed by atoms with Crippen molar-refractivity contribution < 1.29 is 9.47 Å². The van der Waals surface area contributed by atoms with Crippen LogP contribution in [0.3, 0.4) is 0 Å². The number of aromatic nitrogens is 2. The lowest BCUT2D eigenvalue weighted by Gasteiger charge is -2.41. The summed E-state index contributed by atoms with van der Waals surface area (Å²) < 4.78 is 21.2. The van der Waals surface area contributed by atoms with Crippen LogP contribution in [-0.2, 0) is 0 Å². The maximum absolute atomic E-state index is 7.94. The molecule has 6 heteroatoms. The van der Waals surface area contributed by atoms with Crippen LogP contribution in [0.2, 0.25) is 0 Å². The molecule has 4 unspecified atom stereocenters. The van der Waals surface area contributed by atoms with Gasteiger partial charge in [-0.05, 0) is 187 Å². The van der Waals surface area contributed by atoms with Gasteiger partial charge in [0.15, 0.2) is 0 Å². The zero-order valence-electron chi connectivity index (χ0n) is 50.0. The number of nitrogens with zero attached hydrogens (tertiary/aromatic N) is 2. The third-order valence-electron chi connectivity index (χ3n) is 20.6. The van der Waals surface area contributed by atoms with E-state index in [-0.39, 0.29) is 13.4 Å². The van der Waals surface area contributed by atoms with E-state index in [1.54, 1.807) is 0 Å². The molecule has 82 heavy (non-hydrogen) atoms. The van der Waals surface area contributed by atoms with E-state index >= 15 is 0 Å². The van der Waals surface area contributed by atoms with Crippen LogP contribution in [0.5, 0.6) is 23.0 Å². The Kier molecular flexibility index (Phi) is 11.8. The Hall–Kier alpha value is -7.69. The van der Waals surface area contributed by atoms with E-state index in [9.17, 15) is 0 Å². The quantitative estimate of drug-likeness (QED) is 0.114. The summed E-state index contributed by atoms with van der Waals surface area (Å²) in [6.07, 6.45) is 4.26. The topological polar surface area (TPSA) is 28.3 Å². The molecule has 6 heterocycles. The Labute approximate surface area is 485 Å². The Morgan fingerprint density at radius 1 is 0.341 bits per heavy atom. The minimum absolute atomic E-state index is 0.161. The third kappa shape index (κ3) is 7.31. The Morgan fingerprint density at radius 3 is 1.05 bits per heavy atom. The van der Waals surface area contributed by atoms with Gasteiger partial charge in [0.2, 0.25) is 0 Å². The molecule has 0 amide bonds. The minimum atomic E-state index is -0.161. The van der Waals surface area contributed by atoms with E-state index in [4.69, 9.17) is 9.47 Å². The van der Waals surface area contributed by atoms with Crippen molar-refractivity contribution in [3.8, 4) is 56.6 Å². The van der Waals surface area contributed by atoms with E-state index in [1.165, 1.54) is 132 Å². The molecule has 9 aromatic carbocycles. The highest BCUT2D eigenvalue weighted by Crippen LogP contribution is 2.50. The van der Waals surface area contributed by atoms with Gasteiger partial charge in [-0.15, -0.1) is 0 Å². The largest absolute Gasteiger partial charge is 0.456 e. The first kappa shape index (κ1) is 51.2. The van der Waals surface area contributed by atoms with Crippen LogP contribution in [-0.4, -0.2) is 22.6 Å². The Bertz CT molecular complexity index is 4190. The number of hydrogen-bond acceptors (Lipinski definition) is 2. The third-order valence-corrected chi connectivity index (χ3v) is 20.6. The minimum Gasteiger partial charge on any atom is -0.456 e. The van der Waals surface area contributed by atoms with Crippen molar-refractivity contribution in [2.45, 2.75) is 144 Å². The van der Waals surface area contributed by atoms with Gasteiger partial charge in [0, 0.05) is 43.5 Å². The number of benzene rings is 9. The molecule has 4 aliphatic rings. The summed E-state index contributed by atoms with van der Waals surface area (Å²) in [4.78, 5) is 0. The van der Waals surface area contributed by atoms with Gasteiger partial charge in [0.1, 0.15) is 23.0 Å². The van der Waals surface area contributed by atoms with Crippen LogP contribution in [0.1, 0.15) is 178 Å². The summed E-state index contributed by atoms with van der Waals surface area (Å²) in [7, 11) is 0. The molecule has 4 atom stereocenters. The van der Waals surface area contributed by atoms with Crippen LogP contribution in [0, 0.1) is 0 Å². The highest BCUT2D eigenvalue weighted by atomic mass is 16.5. The van der Waals surface area contributed by atoms with Crippen molar-refractivity contribution in [2.24, 2.45) is 0 Å². The summed E-state index contributed by atoms with van der Waals surface area (Å²) in [6.45, 7) is 27.7. The van der Waals surface area contributed by atoms with Crippen LogP contribution in [0.25, 0.3) is 77.2 Å². The average Bonchev–Trinajstić information content (AvgIpc) is 1.33. The molecule has 0 fully saturated rings. The zero-order valence-corrected chi connectivity index (χ0v) is 50.0. The normalized spacial score (nSPS) is 15.0. The summed E-state index contributed by atoms with van der Waals surface area (Å²) in [5, 5.41) is 5.24. The smallest absolute Gasteiger partial charge is 0.256 e. The van der Waals surface area contributed by atoms with E-state index < -0.39 is 0 Å². The SMILES string of the molecule is CCC(C)c1ccc2c(c1)c1cc(C(C)CC)cc3c1n2-c1c2c4c(c5c1B3c1cc(-c3ccc(C(C)C)cc3)ccc1O5)-n1c3ccc(C(C)CC)cc3c3cc(C(C)CC)cc(c31)B4c1cc(-c3ccc(C(C)C)cc3)ccc1O2. The van der Waals surface area contributed by atoms with E-state index in [0.717, 1.165) is 60.1 Å². The van der Waals surface area contributed by atoms with Crippen molar-refractivity contribution in [3.63, 3.8) is 0 Å². The maximum Gasteiger partial charge on any atom is 0.256 e. The molecule has 0 N–H and O–H groups in total. The molecule has 406 valence electrons. The van der Waals surface area contributed by atoms with Crippen molar-refractivity contribution in [3.05, 3.63) is 179 Å². The van der Waals surface area contributed by atoms with Gasteiger partial charge in [-0.1, -0.05) is 180 Å². The molecule has 0 saturated heterocycles. The van der Waals surface area contributed by atoms with Gasteiger partial charge in [-0.2, -0.15) is 0 Å². The van der Waals surface area contributed by atoms with Gasteiger partial charge in [0.25, 0.3) is 13.4 Å². The standard InChI is InChI=1S/C76H74B2N2O2/c1-13-43(9)51-25-29-65-57(33-51)59-35-55(45(11)15-3)39-63-71(59)79(65)73-69-76(82-67-31-27-53(37-61(67)77(63)69)49-21-17-47(18-22-49)41(5)6)74-70-75(73)81-68-32-28-54(50-23-19-48(20-24-50)42(7)8)38-62(68)78(70)64-40-56(46(12)16-4)36-60-58-34-52(44(10)14-2)26-30-66(58)80(74)72(60)64/h17-46H,13-16H2,1-12H3. The lowest BCUT2D eigenvalue weighted by atomic mass is 9.31. The highest BCUT2D eigenvalue weighted by Gasteiger charge is 2.51. The van der Waals surface area contributed by atoms with Gasteiger partial charge < -0.3 is 18.6 Å². The monoisotopic (exact) mass is 1070 g/mol. The molecule has 0 spiro atoms.